The number of carbonyl (C=O) groups excluding carboxylic acids is 1. The van der Waals surface area contributed by atoms with Gasteiger partial charge in [0.2, 0.25) is 5.91 Å². The van der Waals surface area contributed by atoms with Gasteiger partial charge in [-0.1, -0.05) is 13.8 Å². The molecule has 1 amide bonds. The van der Waals surface area contributed by atoms with Crippen molar-refractivity contribution in [3.8, 4) is 0 Å². The summed E-state index contributed by atoms with van der Waals surface area (Å²) in [6, 6.07) is 0.266. The highest BCUT2D eigenvalue weighted by molar-refractivity contribution is 7.99. The zero-order valence-corrected chi connectivity index (χ0v) is 14.9. The molecule has 0 aromatic rings. The Labute approximate surface area is 138 Å². The molecule has 6 heteroatoms. The Balaban J connectivity index is 2.32. The van der Waals surface area contributed by atoms with Crippen LogP contribution in [0.4, 0.5) is 0 Å². The van der Waals surface area contributed by atoms with Gasteiger partial charge in [-0.05, 0) is 44.4 Å². The summed E-state index contributed by atoms with van der Waals surface area (Å²) in [5.74, 6) is 1.74. The molecule has 1 fully saturated rings. The first-order valence-corrected chi connectivity index (χ1v) is 9.33. The van der Waals surface area contributed by atoms with Crippen LogP contribution in [-0.4, -0.2) is 71.0 Å². The molecule has 1 saturated heterocycles. The van der Waals surface area contributed by atoms with E-state index in [-0.39, 0.29) is 18.5 Å². The third kappa shape index (κ3) is 7.49. The molecule has 1 aliphatic heterocycles. The minimum absolute atomic E-state index is 0.0731. The summed E-state index contributed by atoms with van der Waals surface area (Å²) in [4.78, 5) is 26.9. The number of hydrogen-bond donors (Lipinski definition) is 1. The fourth-order valence-electron chi connectivity index (χ4n) is 2.68. The quantitative estimate of drug-likeness (QED) is 0.691. The Morgan fingerprint density at radius 1 is 1.32 bits per heavy atom. The van der Waals surface area contributed by atoms with Gasteiger partial charge < -0.3 is 10.0 Å². The average molecular weight is 330 g/mol. The summed E-state index contributed by atoms with van der Waals surface area (Å²) in [6.45, 7) is 6.03. The minimum atomic E-state index is -0.791. The second-order valence-corrected chi connectivity index (χ2v) is 7.61. The molecule has 1 N–H and O–H groups in total. The molecule has 0 saturated carbocycles. The van der Waals surface area contributed by atoms with E-state index in [4.69, 9.17) is 5.11 Å². The second kappa shape index (κ2) is 10.1. The Morgan fingerprint density at radius 2 is 2.05 bits per heavy atom. The number of amides is 1. The predicted molar refractivity (Wildman–Crippen MR) is 91.3 cm³/mol. The number of likely N-dealkylation sites (N-methyl/N-ethyl adjacent to an activating group) is 1. The number of carboxylic acid groups (broad SMARTS) is 1. The molecule has 0 aliphatic carbocycles. The summed E-state index contributed by atoms with van der Waals surface area (Å²) in [7, 11) is 1.86. The Hall–Kier alpha value is -0.750. The van der Waals surface area contributed by atoms with Gasteiger partial charge in [-0.15, -0.1) is 0 Å². The van der Waals surface area contributed by atoms with Crippen LogP contribution >= 0.6 is 11.8 Å². The highest BCUT2D eigenvalue weighted by atomic mass is 32.2. The Kier molecular flexibility index (Phi) is 8.86. The molecular weight excluding hydrogens is 300 g/mol. The summed E-state index contributed by atoms with van der Waals surface area (Å²) in [5, 5.41) is 8.88. The van der Waals surface area contributed by atoms with Crippen LogP contribution in [0.3, 0.4) is 0 Å². The van der Waals surface area contributed by atoms with Gasteiger partial charge in [0.15, 0.2) is 0 Å². The molecular formula is C16H30N2O3S. The van der Waals surface area contributed by atoms with Gasteiger partial charge >= 0.3 is 5.97 Å². The topological polar surface area (TPSA) is 60.9 Å². The number of rotatable bonds is 8. The largest absolute Gasteiger partial charge is 0.480 e. The maximum Gasteiger partial charge on any atom is 0.317 e. The van der Waals surface area contributed by atoms with Crippen LogP contribution in [0.5, 0.6) is 0 Å². The Bertz CT molecular complexity index is 363. The van der Waals surface area contributed by atoms with Gasteiger partial charge in [-0.25, -0.2) is 0 Å². The zero-order chi connectivity index (χ0) is 16.5. The molecule has 0 radical (unpaired) electrons. The maximum absolute atomic E-state index is 12.2. The first kappa shape index (κ1) is 19.3. The minimum Gasteiger partial charge on any atom is -0.480 e. The molecule has 0 aromatic heterocycles. The highest BCUT2D eigenvalue weighted by Gasteiger charge is 2.23. The molecule has 1 rings (SSSR count). The van der Waals surface area contributed by atoms with Gasteiger partial charge in [-0.2, -0.15) is 11.8 Å². The summed E-state index contributed by atoms with van der Waals surface area (Å²) < 4.78 is 0. The number of carboxylic acids is 1. The molecule has 0 bridgehead atoms. The first-order chi connectivity index (χ1) is 10.4. The summed E-state index contributed by atoms with van der Waals surface area (Å²) in [5.41, 5.74) is 0. The molecule has 5 nitrogen and oxygen atoms in total. The van der Waals surface area contributed by atoms with Crippen molar-refractivity contribution in [1.82, 2.24) is 9.80 Å². The lowest BCUT2D eigenvalue weighted by molar-refractivity contribution is -0.138. The zero-order valence-electron chi connectivity index (χ0n) is 14.1. The van der Waals surface area contributed by atoms with E-state index < -0.39 is 5.97 Å². The number of aliphatic carboxylic acids is 1. The molecule has 1 heterocycles. The number of likely N-dealkylation sites (tertiary alicyclic amines) is 1. The van der Waals surface area contributed by atoms with E-state index in [1.807, 2.05) is 16.8 Å². The van der Waals surface area contributed by atoms with Crippen molar-refractivity contribution < 1.29 is 14.7 Å². The monoisotopic (exact) mass is 330 g/mol. The summed E-state index contributed by atoms with van der Waals surface area (Å²) in [6.07, 6.45) is 3.94. The lowest BCUT2D eigenvalue weighted by Crippen LogP contribution is -2.37. The third-order valence-electron chi connectivity index (χ3n) is 4.12. The van der Waals surface area contributed by atoms with Crippen LogP contribution < -0.4 is 0 Å². The molecule has 1 unspecified atom stereocenters. The van der Waals surface area contributed by atoms with E-state index in [1.165, 1.54) is 0 Å². The van der Waals surface area contributed by atoms with Crippen LogP contribution in [0.1, 0.15) is 39.5 Å². The van der Waals surface area contributed by atoms with E-state index in [2.05, 4.69) is 13.8 Å². The maximum atomic E-state index is 12.2. The predicted octanol–water partition coefficient (Wildman–Crippen LogP) is 2.16. The van der Waals surface area contributed by atoms with Gasteiger partial charge in [0.1, 0.15) is 0 Å². The number of hydrogen-bond acceptors (Lipinski definition) is 4. The van der Waals surface area contributed by atoms with E-state index in [9.17, 15) is 9.59 Å². The van der Waals surface area contributed by atoms with Crippen LogP contribution in [0, 0.1) is 5.92 Å². The lowest BCUT2D eigenvalue weighted by atomic mass is 10.1. The third-order valence-corrected chi connectivity index (χ3v) is 5.10. The second-order valence-electron chi connectivity index (χ2n) is 6.51. The smallest absolute Gasteiger partial charge is 0.317 e. The van der Waals surface area contributed by atoms with Crippen molar-refractivity contribution in [1.29, 1.82) is 0 Å². The fraction of sp³-hybridized carbons (Fsp3) is 0.875. The van der Waals surface area contributed by atoms with E-state index in [0.29, 0.717) is 11.7 Å². The van der Waals surface area contributed by atoms with Crippen molar-refractivity contribution in [3.05, 3.63) is 0 Å². The number of thioether (sulfide) groups is 1. The summed E-state index contributed by atoms with van der Waals surface area (Å²) >= 11 is 1.73. The normalized spacial score (nSPS) is 19.5. The molecule has 0 spiro atoms. The SMILES string of the molecule is CC(C)CCSCC(=O)N1CCCC(N(C)CC(=O)O)CC1. The molecule has 1 atom stereocenters. The molecule has 128 valence electrons. The van der Waals surface area contributed by atoms with Crippen molar-refractivity contribution in [2.75, 3.05) is 38.2 Å². The number of nitrogens with zero attached hydrogens (tertiary/aromatic N) is 2. The van der Waals surface area contributed by atoms with E-state index >= 15 is 0 Å². The average Bonchev–Trinajstić information content (AvgIpc) is 2.68. The van der Waals surface area contributed by atoms with E-state index in [1.54, 1.807) is 11.8 Å². The van der Waals surface area contributed by atoms with Crippen molar-refractivity contribution >= 4 is 23.6 Å². The highest BCUT2D eigenvalue weighted by Crippen LogP contribution is 2.17. The van der Waals surface area contributed by atoms with Crippen molar-refractivity contribution in [2.45, 2.75) is 45.6 Å². The number of carbonyl (C=O) groups is 2. The standard InChI is InChI=1S/C16H30N2O3S/c1-13(2)7-10-22-12-15(19)18-8-4-5-14(6-9-18)17(3)11-16(20)21/h13-14H,4-12H2,1-3H3,(H,20,21). The van der Waals surface area contributed by atoms with Gasteiger partial charge in [0, 0.05) is 19.1 Å². The van der Waals surface area contributed by atoms with Gasteiger partial charge in [-0.3, -0.25) is 14.5 Å². The lowest BCUT2D eigenvalue weighted by Gasteiger charge is -2.25. The van der Waals surface area contributed by atoms with Crippen molar-refractivity contribution in [2.24, 2.45) is 5.92 Å². The fourth-order valence-corrected chi connectivity index (χ4v) is 3.82. The Morgan fingerprint density at radius 3 is 2.68 bits per heavy atom. The van der Waals surface area contributed by atoms with Crippen molar-refractivity contribution in [3.63, 3.8) is 0 Å². The van der Waals surface area contributed by atoms with Gasteiger partial charge in [0.05, 0.1) is 12.3 Å². The molecule has 0 aromatic carbocycles. The van der Waals surface area contributed by atoms with E-state index in [0.717, 1.165) is 44.5 Å². The van der Waals surface area contributed by atoms with Crippen LogP contribution in [0.2, 0.25) is 0 Å². The van der Waals surface area contributed by atoms with Crippen LogP contribution in [-0.2, 0) is 9.59 Å². The molecule has 22 heavy (non-hydrogen) atoms. The van der Waals surface area contributed by atoms with Gasteiger partial charge in [0.25, 0.3) is 0 Å². The van der Waals surface area contributed by atoms with Crippen LogP contribution in [0.15, 0.2) is 0 Å². The molecule has 1 aliphatic rings. The van der Waals surface area contributed by atoms with Crippen LogP contribution in [0.25, 0.3) is 0 Å². The first-order valence-electron chi connectivity index (χ1n) is 8.17.